The lowest BCUT2D eigenvalue weighted by atomic mass is 9.76. The number of nitrogens with one attached hydrogen (secondary N) is 2. The molecule has 3 fully saturated rings. The third-order valence-electron chi connectivity index (χ3n) is 11.3. The number of rotatable bonds is 17. The molecule has 10 heteroatoms. The van der Waals surface area contributed by atoms with Crippen molar-refractivity contribution in [3.63, 3.8) is 0 Å². The Morgan fingerprint density at radius 2 is 1.78 bits per heavy atom. The van der Waals surface area contributed by atoms with Gasteiger partial charge in [-0.15, -0.1) is 0 Å². The number of ether oxygens (including phenoxy) is 3. The molecule has 0 saturated heterocycles. The molecule has 0 heterocycles. The molecule has 10 nitrogen and oxygen atoms in total. The average molecular weight is 705 g/mol. The first kappa shape index (κ1) is 38.5. The molecule has 5 rings (SSSR count). The molecule has 0 aromatic heterocycles. The minimum absolute atomic E-state index is 0.00432. The fourth-order valence-electron chi connectivity index (χ4n) is 8.50. The van der Waals surface area contributed by atoms with Crippen molar-refractivity contribution in [2.45, 2.75) is 114 Å². The number of nitrogens with zero attached hydrogens (tertiary/aromatic N) is 1. The van der Waals surface area contributed by atoms with E-state index in [0.29, 0.717) is 55.0 Å². The van der Waals surface area contributed by atoms with Gasteiger partial charge in [-0.05, 0) is 125 Å². The molecule has 6 N–H and O–H groups in total. The topological polar surface area (TPSA) is 148 Å². The maximum absolute atomic E-state index is 13.7. The highest BCUT2D eigenvalue weighted by Crippen LogP contribution is 2.45. The number of hydrogen-bond donors (Lipinski definition) is 5. The van der Waals surface area contributed by atoms with Gasteiger partial charge in [-0.25, -0.2) is 0 Å². The van der Waals surface area contributed by atoms with E-state index in [1.54, 1.807) is 19.2 Å². The SMILES string of the molecule is CN=C(N)Nc1cc(CC/C=C/C(=O)C2(Cc3ccc(O)c(OC)c3)CCCC2)cc(O[C@@]2(CNC)CC[C@@H](CCOC3CCCCC3)C2)c1O. The van der Waals surface area contributed by atoms with Crippen molar-refractivity contribution in [2.75, 3.05) is 39.7 Å². The fourth-order valence-corrected chi connectivity index (χ4v) is 8.50. The summed E-state index contributed by atoms with van der Waals surface area (Å²) in [7, 11) is 5.07. The Morgan fingerprint density at radius 1 is 1.02 bits per heavy atom. The van der Waals surface area contributed by atoms with Crippen molar-refractivity contribution in [1.82, 2.24) is 5.32 Å². The number of benzene rings is 2. The van der Waals surface area contributed by atoms with E-state index in [2.05, 4.69) is 15.6 Å². The third kappa shape index (κ3) is 10.2. The lowest BCUT2D eigenvalue weighted by Gasteiger charge is -2.32. The second-order valence-electron chi connectivity index (χ2n) is 15.0. The van der Waals surface area contributed by atoms with E-state index in [1.807, 2.05) is 37.4 Å². The van der Waals surface area contributed by atoms with Crippen LogP contribution >= 0.6 is 0 Å². The number of phenols is 2. The molecule has 3 saturated carbocycles. The summed E-state index contributed by atoms with van der Waals surface area (Å²) < 4.78 is 18.4. The van der Waals surface area contributed by atoms with E-state index in [0.717, 1.165) is 69.1 Å². The molecule has 0 bridgehead atoms. The third-order valence-corrected chi connectivity index (χ3v) is 11.3. The summed E-state index contributed by atoms with van der Waals surface area (Å²) in [6, 6.07) is 9.13. The predicted octanol–water partition coefficient (Wildman–Crippen LogP) is 7.20. The van der Waals surface area contributed by atoms with Crippen molar-refractivity contribution in [3.05, 3.63) is 53.6 Å². The molecule has 3 aliphatic carbocycles. The highest BCUT2D eigenvalue weighted by Gasteiger charge is 2.42. The van der Waals surface area contributed by atoms with Crippen LogP contribution in [-0.4, -0.2) is 68.0 Å². The Bertz CT molecular complexity index is 1510. The monoisotopic (exact) mass is 704 g/mol. The van der Waals surface area contributed by atoms with Crippen molar-refractivity contribution in [1.29, 1.82) is 0 Å². The lowest BCUT2D eigenvalue weighted by molar-refractivity contribution is -0.123. The summed E-state index contributed by atoms with van der Waals surface area (Å²) in [5, 5.41) is 27.8. The number of nitrogens with two attached hydrogens (primary N) is 1. The number of anilines is 1. The van der Waals surface area contributed by atoms with Crippen LogP contribution in [0.1, 0.15) is 101 Å². The molecule has 3 aliphatic rings. The summed E-state index contributed by atoms with van der Waals surface area (Å²) >= 11 is 0. The quantitative estimate of drug-likeness (QED) is 0.0499. The standard InChI is InChI=1S/C41H60N4O6/c1-43-28-41(21-17-29(27-41)18-22-50-32-12-5-4-6-13-32)51-36-24-30(23-33(38(36)48)45-39(42)44-2)11-7-8-14-37(47)40(19-9-10-20-40)26-31-15-16-34(46)35(25-31)49-3/h8,14-16,23-25,29,32,43,46,48H,4-7,9-13,17-22,26-28H2,1-3H3,(H3,42,44,45)/b14-8+/t29-,41-/m0/s1. The van der Waals surface area contributed by atoms with Gasteiger partial charge in [0.2, 0.25) is 0 Å². The van der Waals surface area contributed by atoms with Crippen LogP contribution in [0.15, 0.2) is 47.5 Å². The maximum Gasteiger partial charge on any atom is 0.192 e. The summed E-state index contributed by atoms with van der Waals surface area (Å²) in [6.45, 7) is 1.46. The first-order valence-electron chi connectivity index (χ1n) is 19.1. The largest absolute Gasteiger partial charge is 0.504 e. The molecule has 0 spiro atoms. The van der Waals surface area contributed by atoms with Gasteiger partial charge < -0.3 is 40.8 Å². The molecule has 51 heavy (non-hydrogen) atoms. The molecule has 0 aliphatic heterocycles. The number of methoxy groups -OCH3 is 1. The van der Waals surface area contributed by atoms with Gasteiger partial charge in [0.15, 0.2) is 34.7 Å². The number of aromatic hydroxyl groups is 2. The van der Waals surface area contributed by atoms with Crippen LogP contribution in [0.25, 0.3) is 0 Å². The Balaban J connectivity index is 1.26. The second-order valence-corrected chi connectivity index (χ2v) is 15.0. The number of phenolic OH excluding ortho intramolecular Hbond substituents is 2. The van der Waals surface area contributed by atoms with E-state index < -0.39 is 11.0 Å². The fraction of sp³-hybridized carbons (Fsp3) is 0.610. The Kier molecular flexibility index (Phi) is 13.7. The summed E-state index contributed by atoms with van der Waals surface area (Å²) in [4.78, 5) is 17.7. The van der Waals surface area contributed by atoms with Gasteiger partial charge in [0, 0.05) is 25.6 Å². The van der Waals surface area contributed by atoms with Crippen LogP contribution < -0.4 is 25.8 Å². The normalized spacial score (nSPS) is 22.4. The molecular formula is C41H60N4O6. The van der Waals surface area contributed by atoms with Gasteiger partial charge in [-0.3, -0.25) is 9.79 Å². The Morgan fingerprint density at radius 3 is 2.51 bits per heavy atom. The molecule has 2 atom stereocenters. The number of carbonyl (C=O) groups is 1. The first-order valence-corrected chi connectivity index (χ1v) is 19.1. The minimum atomic E-state index is -0.453. The van der Waals surface area contributed by atoms with E-state index in [4.69, 9.17) is 19.9 Å². The second kappa shape index (κ2) is 18.1. The number of ketones is 1. The molecule has 0 unspecified atom stereocenters. The average Bonchev–Trinajstić information content (AvgIpc) is 3.77. The molecule has 2 aromatic carbocycles. The van der Waals surface area contributed by atoms with Crippen molar-refractivity contribution < 1.29 is 29.2 Å². The van der Waals surface area contributed by atoms with Gasteiger partial charge in [-0.1, -0.05) is 44.2 Å². The van der Waals surface area contributed by atoms with Gasteiger partial charge in [-0.2, -0.15) is 0 Å². The highest BCUT2D eigenvalue weighted by molar-refractivity contribution is 5.95. The maximum atomic E-state index is 13.7. The number of likely N-dealkylation sites (N-methyl/N-ethyl adjacent to an activating group) is 1. The number of aryl methyl sites for hydroxylation is 1. The zero-order valence-electron chi connectivity index (χ0n) is 31.0. The first-order chi connectivity index (χ1) is 24.7. The summed E-state index contributed by atoms with van der Waals surface area (Å²) in [6.07, 6.45) is 19.8. The zero-order chi connectivity index (χ0) is 36.3. The van der Waals surface area contributed by atoms with Crippen molar-refractivity contribution in [2.24, 2.45) is 22.1 Å². The highest BCUT2D eigenvalue weighted by atomic mass is 16.5. The molecule has 2 aromatic rings. The summed E-state index contributed by atoms with van der Waals surface area (Å²) in [5.41, 5.74) is 7.51. The predicted molar refractivity (Wildman–Crippen MR) is 203 cm³/mol. The number of carbonyl (C=O) groups excluding carboxylic acids is 1. The Hall–Kier alpha value is -3.76. The van der Waals surface area contributed by atoms with Crippen LogP contribution in [-0.2, 0) is 22.4 Å². The van der Waals surface area contributed by atoms with E-state index in [1.165, 1.54) is 39.2 Å². The van der Waals surface area contributed by atoms with E-state index in [9.17, 15) is 15.0 Å². The number of aliphatic imine (C=N–C) groups is 1. The minimum Gasteiger partial charge on any atom is -0.504 e. The van der Waals surface area contributed by atoms with Crippen molar-refractivity contribution >= 4 is 17.4 Å². The van der Waals surface area contributed by atoms with Crippen LogP contribution in [0.4, 0.5) is 5.69 Å². The molecule has 0 radical (unpaired) electrons. The number of allylic oxidation sites excluding steroid dienone is 2. The van der Waals surface area contributed by atoms with Crippen molar-refractivity contribution in [3.8, 4) is 23.0 Å². The van der Waals surface area contributed by atoms with Gasteiger partial charge in [0.25, 0.3) is 0 Å². The van der Waals surface area contributed by atoms with E-state index >= 15 is 0 Å². The number of hydrogen-bond acceptors (Lipinski definition) is 8. The van der Waals surface area contributed by atoms with Crippen LogP contribution in [0, 0.1) is 11.3 Å². The van der Waals surface area contributed by atoms with Gasteiger partial charge >= 0.3 is 0 Å². The van der Waals surface area contributed by atoms with E-state index in [-0.39, 0.29) is 23.2 Å². The smallest absolute Gasteiger partial charge is 0.192 e. The lowest BCUT2D eigenvalue weighted by Crippen LogP contribution is -2.42. The zero-order valence-corrected chi connectivity index (χ0v) is 31.0. The number of guanidine groups is 1. The molecular weight excluding hydrogens is 644 g/mol. The van der Waals surface area contributed by atoms with Crippen LogP contribution in [0.2, 0.25) is 0 Å². The van der Waals surface area contributed by atoms with Gasteiger partial charge in [0.05, 0.1) is 18.9 Å². The summed E-state index contributed by atoms with van der Waals surface area (Å²) in [5.74, 6) is 1.77. The molecule has 280 valence electrons. The van der Waals surface area contributed by atoms with Gasteiger partial charge in [0.1, 0.15) is 5.60 Å². The van der Waals surface area contributed by atoms with Crippen LogP contribution in [0.5, 0.6) is 23.0 Å². The Labute approximate surface area is 304 Å². The van der Waals surface area contributed by atoms with Crippen LogP contribution in [0.3, 0.4) is 0 Å². The molecule has 0 amide bonds.